The zero-order chi connectivity index (χ0) is 18.5. The minimum atomic E-state index is -0.555. The van der Waals surface area contributed by atoms with Crippen molar-refractivity contribution in [1.82, 2.24) is 5.43 Å². The number of ether oxygens (including phenoxy) is 2. The SMILES string of the molecule is O=C(CNc1ccc(Br)cc1)N/N=C\c1cc2c(cc1[N+](=O)[O-])OCO2. The van der Waals surface area contributed by atoms with Gasteiger partial charge in [0.15, 0.2) is 11.5 Å². The number of halogens is 1. The average molecular weight is 421 g/mol. The van der Waals surface area contributed by atoms with E-state index >= 15 is 0 Å². The number of hydrazone groups is 1. The van der Waals surface area contributed by atoms with E-state index in [0.29, 0.717) is 11.5 Å². The van der Waals surface area contributed by atoms with Crippen LogP contribution in [-0.2, 0) is 4.79 Å². The fourth-order valence-corrected chi connectivity index (χ4v) is 2.44. The number of anilines is 1. The number of benzene rings is 2. The second kappa shape index (κ2) is 7.83. The Kier molecular flexibility index (Phi) is 5.32. The number of carbonyl (C=O) groups excluding carboxylic acids is 1. The number of carbonyl (C=O) groups is 1. The van der Waals surface area contributed by atoms with E-state index in [1.165, 1.54) is 18.3 Å². The van der Waals surface area contributed by atoms with Gasteiger partial charge in [0.05, 0.1) is 29.3 Å². The summed E-state index contributed by atoms with van der Waals surface area (Å²) in [4.78, 5) is 22.4. The molecule has 0 fully saturated rings. The summed E-state index contributed by atoms with van der Waals surface area (Å²) in [6, 6.07) is 10.0. The van der Waals surface area contributed by atoms with Gasteiger partial charge in [-0.2, -0.15) is 5.10 Å². The molecule has 1 aliphatic heterocycles. The van der Waals surface area contributed by atoms with Gasteiger partial charge in [-0.25, -0.2) is 5.43 Å². The van der Waals surface area contributed by atoms with E-state index < -0.39 is 10.8 Å². The molecule has 0 unspecified atom stereocenters. The molecule has 1 amide bonds. The molecule has 0 atom stereocenters. The van der Waals surface area contributed by atoms with Crippen LogP contribution in [0.5, 0.6) is 11.5 Å². The number of amides is 1. The molecule has 9 nitrogen and oxygen atoms in total. The van der Waals surface area contributed by atoms with Crippen LogP contribution in [0.1, 0.15) is 5.56 Å². The van der Waals surface area contributed by atoms with Crippen molar-refractivity contribution in [2.45, 2.75) is 0 Å². The number of nitro groups is 1. The molecule has 0 aromatic heterocycles. The highest BCUT2D eigenvalue weighted by Crippen LogP contribution is 2.37. The van der Waals surface area contributed by atoms with Crippen molar-refractivity contribution in [1.29, 1.82) is 0 Å². The van der Waals surface area contributed by atoms with Crippen LogP contribution >= 0.6 is 15.9 Å². The Morgan fingerprint density at radius 2 is 1.96 bits per heavy atom. The summed E-state index contributed by atoms with van der Waals surface area (Å²) in [5.41, 5.74) is 3.09. The lowest BCUT2D eigenvalue weighted by molar-refractivity contribution is -0.385. The molecule has 2 aromatic carbocycles. The highest BCUT2D eigenvalue weighted by atomic mass is 79.9. The number of nitro benzene ring substituents is 1. The smallest absolute Gasteiger partial charge is 0.282 e. The molecule has 0 radical (unpaired) electrons. The molecular weight excluding hydrogens is 408 g/mol. The Morgan fingerprint density at radius 3 is 2.65 bits per heavy atom. The van der Waals surface area contributed by atoms with Gasteiger partial charge >= 0.3 is 0 Å². The van der Waals surface area contributed by atoms with Crippen molar-refractivity contribution in [3.05, 3.63) is 56.5 Å². The van der Waals surface area contributed by atoms with E-state index in [1.807, 2.05) is 24.3 Å². The first-order valence-corrected chi connectivity index (χ1v) is 8.21. The standard InChI is InChI=1S/C16H13BrN4O5/c17-11-1-3-12(4-2-11)18-8-16(22)20-19-7-10-5-14-15(26-9-25-14)6-13(10)21(23)24/h1-7,18H,8-9H2,(H,20,22)/b19-7-. The topological polar surface area (TPSA) is 115 Å². The van der Waals surface area contributed by atoms with Crippen LogP contribution in [0.15, 0.2) is 46.0 Å². The third-order valence-electron chi connectivity index (χ3n) is 3.41. The molecule has 0 saturated carbocycles. The maximum atomic E-state index is 11.8. The van der Waals surface area contributed by atoms with Crippen LogP contribution in [0.2, 0.25) is 0 Å². The van der Waals surface area contributed by atoms with E-state index in [2.05, 4.69) is 31.8 Å². The highest BCUT2D eigenvalue weighted by molar-refractivity contribution is 9.10. The molecule has 26 heavy (non-hydrogen) atoms. The monoisotopic (exact) mass is 420 g/mol. The Balaban J connectivity index is 1.60. The highest BCUT2D eigenvalue weighted by Gasteiger charge is 2.22. The summed E-state index contributed by atoms with van der Waals surface area (Å²) in [6.45, 7) is 0.00769. The predicted molar refractivity (Wildman–Crippen MR) is 97.6 cm³/mol. The van der Waals surface area contributed by atoms with Gasteiger partial charge in [0.2, 0.25) is 6.79 Å². The maximum absolute atomic E-state index is 11.8. The second-order valence-electron chi connectivity index (χ2n) is 5.18. The van der Waals surface area contributed by atoms with Gasteiger partial charge in [-0.15, -0.1) is 0 Å². The summed E-state index contributed by atoms with van der Waals surface area (Å²) < 4.78 is 11.2. The van der Waals surface area contributed by atoms with Crippen molar-refractivity contribution in [3.63, 3.8) is 0 Å². The first kappa shape index (κ1) is 17.7. The molecule has 134 valence electrons. The minimum Gasteiger partial charge on any atom is -0.454 e. The third kappa shape index (κ3) is 4.28. The zero-order valence-electron chi connectivity index (χ0n) is 13.3. The number of hydrogen-bond acceptors (Lipinski definition) is 7. The van der Waals surface area contributed by atoms with Gasteiger partial charge in [0.25, 0.3) is 11.6 Å². The van der Waals surface area contributed by atoms with Gasteiger partial charge in [0, 0.05) is 10.2 Å². The van der Waals surface area contributed by atoms with Crippen LogP contribution in [0.25, 0.3) is 0 Å². The normalized spacial score (nSPS) is 12.2. The Hall–Kier alpha value is -3.14. The molecule has 1 heterocycles. The molecule has 0 bridgehead atoms. The van der Waals surface area contributed by atoms with E-state index in [9.17, 15) is 14.9 Å². The first-order valence-electron chi connectivity index (χ1n) is 7.42. The third-order valence-corrected chi connectivity index (χ3v) is 3.94. The summed E-state index contributed by atoms with van der Waals surface area (Å²) in [5, 5.41) is 17.8. The minimum absolute atomic E-state index is 0.00219. The molecule has 2 aromatic rings. The number of nitrogens with one attached hydrogen (secondary N) is 2. The Bertz CT molecular complexity index is 870. The number of nitrogens with zero attached hydrogens (tertiary/aromatic N) is 2. The number of hydrogen-bond donors (Lipinski definition) is 2. The summed E-state index contributed by atoms with van der Waals surface area (Å²) in [5.74, 6) is 0.296. The molecular formula is C16H13BrN4O5. The predicted octanol–water partition coefficient (Wildman–Crippen LogP) is 2.65. The second-order valence-corrected chi connectivity index (χ2v) is 6.09. The van der Waals surface area contributed by atoms with Crippen molar-refractivity contribution in [2.75, 3.05) is 18.7 Å². The van der Waals surface area contributed by atoms with E-state index in [4.69, 9.17) is 9.47 Å². The summed E-state index contributed by atoms with van der Waals surface area (Å²) in [6.07, 6.45) is 1.19. The van der Waals surface area contributed by atoms with Gasteiger partial charge in [-0.1, -0.05) is 15.9 Å². The Morgan fingerprint density at radius 1 is 1.27 bits per heavy atom. The fourth-order valence-electron chi connectivity index (χ4n) is 2.17. The average Bonchev–Trinajstić information content (AvgIpc) is 3.08. The van der Waals surface area contributed by atoms with Crippen molar-refractivity contribution >= 4 is 39.4 Å². The number of fused-ring (bicyclic) bond motifs is 1. The van der Waals surface area contributed by atoms with Crippen molar-refractivity contribution in [2.24, 2.45) is 5.10 Å². The van der Waals surface area contributed by atoms with Crippen LogP contribution in [0.4, 0.5) is 11.4 Å². The van der Waals surface area contributed by atoms with E-state index in [-0.39, 0.29) is 24.6 Å². The molecule has 0 aliphatic carbocycles. The first-order chi connectivity index (χ1) is 12.5. The van der Waals surface area contributed by atoms with Gasteiger partial charge in [-0.05, 0) is 30.3 Å². The molecule has 3 rings (SSSR count). The van der Waals surface area contributed by atoms with Gasteiger partial charge in [-0.3, -0.25) is 14.9 Å². The summed E-state index contributed by atoms with van der Waals surface area (Å²) >= 11 is 3.33. The van der Waals surface area contributed by atoms with E-state index in [1.54, 1.807) is 0 Å². The lowest BCUT2D eigenvalue weighted by Crippen LogP contribution is -2.25. The zero-order valence-corrected chi connectivity index (χ0v) is 14.9. The molecule has 2 N–H and O–H groups in total. The molecule has 0 spiro atoms. The lowest BCUT2D eigenvalue weighted by atomic mass is 10.1. The summed E-state index contributed by atoms with van der Waals surface area (Å²) in [7, 11) is 0. The lowest BCUT2D eigenvalue weighted by Gasteiger charge is -2.05. The van der Waals surface area contributed by atoms with Gasteiger partial charge < -0.3 is 14.8 Å². The van der Waals surface area contributed by atoms with Crippen LogP contribution in [-0.4, -0.2) is 30.4 Å². The Labute approximate surface area is 156 Å². The maximum Gasteiger partial charge on any atom is 0.282 e. The molecule has 10 heteroatoms. The quantitative estimate of drug-likeness (QED) is 0.421. The van der Waals surface area contributed by atoms with Crippen LogP contribution in [0.3, 0.4) is 0 Å². The largest absolute Gasteiger partial charge is 0.454 e. The van der Waals surface area contributed by atoms with Crippen LogP contribution in [0, 0.1) is 10.1 Å². The van der Waals surface area contributed by atoms with Crippen molar-refractivity contribution in [3.8, 4) is 11.5 Å². The molecule has 0 saturated heterocycles. The molecule has 1 aliphatic rings. The number of rotatable bonds is 6. The van der Waals surface area contributed by atoms with E-state index in [0.717, 1.165) is 10.2 Å². The fraction of sp³-hybridized carbons (Fsp3) is 0.125. The van der Waals surface area contributed by atoms with Gasteiger partial charge in [0.1, 0.15) is 0 Å². The van der Waals surface area contributed by atoms with Crippen LogP contribution < -0.4 is 20.2 Å². The van der Waals surface area contributed by atoms with Crippen molar-refractivity contribution < 1.29 is 19.2 Å².